The summed E-state index contributed by atoms with van der Waals surface area (Å²) in [6, 6.07) is 10.4. The summed E-state index contributed by atoms with van der Waals surface area (Å²) in [6.45, 7) is 2.07. The number of rotatable bonds is 4. The Morgan fingerprint density at radius 1 is 1.24 bits per heavy atom. The molecule has 4 heteroatoms. The first-order valence-electron chi connectivity index (χ1n) is 7.44. The van der Waals surface area contributed by atoms with Crippen molar-refractivity contribution in [2.24, 2.45) is 5.92 Å². The third-order valence-electron chi connectivity index (χ3n) is 3.90. The number of aromatic nitrogens is 3. The summed E-state index contributed by atoms with van der Waals surface area (Å²) in [5.74, 6) is 2.62. The maximum absolute atomic E-state index is 4.60. The predicted octanol–water partition coefficient (Wildman–Crippen LogP) is 3.96. The molecule has 4 rings (SSSR count). The van der Waals surface area contributed by atoms with Crippen molar-refractivity contribution < 1.29 is 0 Å². The molecule has 2 aromatic heterocycles. The molecule has 0 unspecified atom stereocenters. The number of anilines is 2. The maximum atomic E-state index is 4.60. The quantitative estimate of drug-likeness (QED) is 0.759. The van der Waals surface area contributed by atoms with Crippen LogP contribution < -0.4 is 5.32 Å². The normalized spacial score (nSPS) is 14.5. The highest BCUT2D eigenvalue weighted by atomic mass is 15.0. The molecule has 0 spiro atoms. The van der Waals surface area contributed by atoms with Crippen molar-refractivity contribution in [3.8, 4) is 0 Å². The van der Waals surface area contributed by atoms with Crippen LogP contribution in [0.1, 0.15) is 24.4 Å². The summed E-state index contributed by atoms with van der Waals surface area (Å²) < 4.78 is 0. The van der Waals surface area contributed by atoms with E-state index in [4.69, 9.17) is 0 Å². The van der Waals surface area contributed by atoms with Gasteiger partial charge in [-0.2, -0.15) is 0 Å². The van der Waals surface area contributed by atoms with Gasteiger partial charge in [0.15, 0.2) is 0 Å². The van der Waals surface area contributed by atoms with Crippen LogP contribution in [0.2, 0.25) is 0 Å². The van der Waals surface area contributed by atoms with E-state index in [9.17, 15) is 0 Å². The van der Waals surface area contributed by atoms with Crippen molar-refractivity contribution in [1.82, 2.24) is 15.0 Å². The van der Waals surface area contributed by atoms with Gasteiger partial charge in [-0.25, -0.2) is 9.97 Å². The number of hydrogen-bond acceptors (Lipinski definition) is 3. The lowest BCUT2D eigenvalue weighted by molar-refractivity contribution is 0.771. The van der Waals surface area contributed by atoms with Gasteiger partial charge >= 0.3 is 0 Å². The zero-order valence-corrected chi connectivity index (χ0v) is 12.1. The molecule has 1 fully saturated rings. The van der Waals surface area contributed by atoms with Crippen molar-refractivity contribution in [2.75, 3.05) is 5.32 Å². The van der Waals surface area contributed by atoms with E-state index < -0.39 is 0 Å². The third-order valence-corrected chi connectivity index (χ3v) is 3.90. The minimum Gasteiger partial charge on any atom is -0.359 e. The van der Waals surface area contributed by atoms with Gasteiger partial charge in [-0.1, -0.05) is 0 Å². The average molecular weight is 278 g/mol. The van der Waals surface area contributed by atoms with Crippen molar-refractivity contribution in [3.05, 3.63) is 48.0 Å². The van der Waals surface area contributed by atoms with Gasteiger partial charge < -0.3 is 10.3 Å². The molecule has 1 aliphatic carbocycles. The second kappa shape index (κ2) is 4.88. The number of nitrogens with zero attached hydrogens (tertiary/aromatic N) is 2. The molecule has 1 saturated carbocycles. The van der Waals surface area contributed by atoms with Gasteiger partial charge in [0.25, 0.3) is 0 Å². The molecule has 0 bridgehead atoms. The number of benzene rings is 1. The molecule has 0 atom stereocenters. The molecule has 1 aliphatic rings. The van der Waals surface area contributed by atoms with Crippen LogP contribution in [-0.2, 0) is 6.42 Å². The summed E-state index contributed by atoms with van der Waals surface area (Å²) in [5.41, 5.74) is 3.39. The van der Waals surface area contributed by atoms with E-state index in [1.807, 2.05) is 12.3 Å². The Morgan fingerprint density at radius 3 is 3.00 bits per heavy atom. The highest BCUT2D eigenvalue weighted by Crippen LogP contribution is 2.31. The molecule has 4 nitrogen and oxygen atoms in total. The standard InChI is InChI=1S/C17H18N4/c1-11-8-13-10-14(4-5-15(13)19-11)20-16-6-7-18-17(21-16)9-12-2-3-12/h4-8,10,12,19H,2-3,9H2,1H3,(H,18,20,21). The number of aromatic amines is 1. The topological polar surface area (TPSA) is 53.6 Å². The molecule has 0 aliphatic heterocycles. The molecule has 2 N–H and O–H groups in total. The maximum Gasteiger partial charge on any atom is 0.134 e. The van der Waals surface area contributed by atoms with E-state index in [2.05, 4.69) is 51.5 Å². The highest BCUT2D eigenvalue weighted by Gasteiger charge is 2.22. The molecule has 0 amide bonds. The van der Waals surface area contributed by atoms with Crippen LogP contribution in [0.5, 0.6) is 0 Å². The van der Waals surface area contributed by atoms with Crippen LogP contribution >= 0.6 is 0 Å². The minimum atomic E-state index is 0.805. The number of hydrogen-bond donors (Lipinski definition) is 2. The van der Waals surface area contributed by atoms with Gasteiger partial charge in [-0.3, -0.25) is 0 Å². The number of fused-ring (bicyclic) bond motifs is 1. The van der Waals surface area contributed by atoms with Gasteiger partial charge in [0.2, 0.25) is 0 Å². The molecule has 106 valence electrons. The van der Waals surface area contributed by atoms with Crippen LogP contribution in [0.4, 0.5) is 11.5 Å². The zero-order valence-electron chi connectivity index (χ0n) is 12.1. The van der Waals surface area contributed by atoms with Crippen molar-refractivity contribution in [1.29, 1.82) is 0 Å². The van der Waals surface area contributed by atoms with Crippen LogP contribution in [0, 0.1) is 12.8 Å². The summed E-state index contributed by atoms with van der Waals surface area (Å²) in [4.78, 5) is 12.3. The fourth-order valence-corrected chi connectivity index (χ4v) is 2.65. The fourth-order valence-electron chi connectivity index (χ4n) is 2.65. The summed E-state index contributed by atoms with van der Waals surface area (Å²) >= 11 is 0. The largest absolute Gasteiger partial charge is 0.359 e. The number of aryl methyl sites for hydroxylation is 1. The van der Waals surface area contributed by atoms with E-state index >= 15 is 0 Å². The number of nitrogens with one attached hydrogen (secondary N) is 2. The Hall–Kier alpha value is -2.36. The van der Waals surface area contributed by atoms with E-state index in [1.54, 1.807) is 0 Å². The lowest BCUT2D eigenvalue weighted by atomic mass is 10.2. The Morgan fingerprint density at radius 2 is 2.14 bits per heavy atom. The lowest BCUT2D eigenvalue weighted by Gasteiger charge is -2.07. The first-order valence-corrected chi connectivity index (χ1v) is 7.44. The van der Waals surface area contributed by atoms with Gasteiger partial charge in [0.1, 0.15) is 11.6 Å². The summed E-state index contributed by atoms with van der Waals surface area (Å²) in [5, 5.41) is 4.59. The van der Waals surface area contributed by atoms with Crippen LogP contribution in [-0.4, -0.2) is 15.0 Å². The third kappa shape index (κ3) is 2.75. The fraction of sp³-hybridized carbons (Fsp3) is 0.294. The van der Waals surface area contributed by atoms with Gasteiger partial charge in [-0.05, 0) is 56.0 Å². The molecule has 0 radical (unpaired) electrons. The summed E-state index contributed by atoms with van der Waals surface area (Å²) in [7, 11) is 0. The van der Waals surface area contributed by atoms with Gasteiger partial charge in [0, 0.05) is 34.9 Å². The SMILES string of the molecule is Cc1cc2cc(Nc3ccnc(CC4CC4)n3)ccc2[nH]1. The molecule has 21 heavy (non-hydrogen) atoms. The second-order valence-corrected chi connectivity index (χ2v) is 5.88. The minimum absolute atomic E-state index is 0.805. The Kier molecular flexibility index (Phi) is 2.88. The van der Waals surface area contributed by atoms with Crippen LogP contribution in [0.25, 0.3) is 10.9 Å². The van der Waals surface area contributed by atoms with E-state index in [-0.39, 0.29) is 0 Å². The van der Waals surface area contributed by atoms with Crippen molar-refractivity contribution in [2.45, 2.75) is 26.2 Å². The van der Waals surface area contributed by atoms with Crippen LogP contribution in [0.3, 0.4) is 0 Å². The molecule has 0 saturated heterocycles. The molecular weight excluding hydrogens is 260 g/mol. The molecule has 2 heterocycles. The van der Waals surface area contributed by atoms with E-state index in [1.165, 1.54) is 23.9 Å². The van der Waals surface area contributed by atoms with Gasteiger partial charge in [-0.15, -0.1) is 0 Å². The first kappa shape index (κ1) is 12.4. The van der Waals surface area contributed by atoms with Crippen LogP contribution in [0.15, 0.2) is 36.5 Å². The van der Waals surface area contributed by atoms with E-state index in [0.717, 1.165) is 35.2 Å². The molecule has 3 aromatic rings. The first-order chi connectivity index (χ1) is 10.3. The Bertz CT molecular complexity index is 786. The van der Waals surface area contributed by atoms with Crippen molar-refractivity contribution in [3.63, 3.8) is 0 Å². The van der Waals surface area contributed by atoms with E-state index in [0.29, 0.717) is 0 Å². The monoisotopic (exact) mass is 278 g/mol. The highest BCUT2D eigenvalue weighted by molar-refractivity contribution is 5.84. The average Bonchev–Trinajstić information content (AvgIpc) is 3.18. The van der Waals surface area contributed by atoms with Gasteiger partial charge in [0.05, 0.1) is 0 Å². The predicted molar refractivity (Wildman–Crippen MR) is 84.8 cm³/mol. The zero-order chi connectivity index (χ0) is 14.2. The summed E-state index contributed by atoms with van der Waals surface area (Å²) in [6.07, 6.45) is 5.49. The second-order valence-electron chi connectivity index (χ2n) is 5.88. The lowest BCUT2D eigenvalue weighted by Crippen LogP contribution is -2.00. The Balaban J connectivity index is 1.57. The smallest absolute Gasteiger partial charge is 0.134 e. The molecule has 1 aromatic carbocycles. The Labute approximate surface area is 123 Å². The molecular formula is C17H18N4. The number of H-pyrrole nitrogens is 1. The van der Waals surface area contributed by atoms with Crippen molar-refractivity contribution >= 4 is 22.4 Å².